The standard InChI is InChI=1S/C30H34F4N6O2/c1-19-16-39(13-14-40(19)29(41)20(2)31)27-22-10-12-38(26-9-5-4-8-24(26)30(32,33)34)17-25(22)36-28(23(27)15-35)42-18-21-7-6-11-37(21)3/h4-5,8-9,19,21H,2,6-7,10-14,16-18H2,1,3H3. The number of hydrogen-bond donors (Lipinski definition) is 0. The molecular weight excluding hydrogens is 552 g/mol. The van der Waals surface area contributed by atoms with Gasteiger partial charge in [-0.05, 0) is 51.9 Å². The zero-order valence-electron chi connectivity index (χ0n) is 23.8. The molecule has 1 amide bonds. The Morgan fingerprint density at radius 2 is 1.95 bits per heavy atom. The van der Waals surface area contributed by atoms with E-state index in [2.05, 4.69) is 17.5 Å². The normalized spacial score (nSPS) is 21.2. The highest BCUT2D eigenvalue weighted by Gasteiger charge is 2.38. The van der Waals surface area contributed by atoms with Crippen molar-refractivity contribution in [2.24, 2.45) is 0 Å². The second-order valence-corrected chi connectivity index (χ2v) is 11.2. The van der Waals surface area contributed by atoms with Gasteiger partial charge in [-0.3, -0.25) is 4.79 Å². The number of carbonyl (C=O) groups excluding carboxylic acids is 1. The van der Waals surface area contributed by atoms with Crippen molar-refractivity contribution in [1.29, 1.82) is 5.26 Å². The van der Waals surface area contributed by atoms with Gasteiger partial charge in [-0.2, -0.15) is 18.4 Å². The van der Waals surface area contributed by atoms with Crippen LogP contribution in [0.25, 0.3) is 0 Å². The van der Waals surface area contributed by atoms with E-state index in [1.165, 1.54) is 17.0 Å². The van der Waals surface area contributed by atoms with Gasteiger partial charge in [0.1, 0.15) is 18.2 Å². The maximum Gasteiger partial charge on any atom is 0.418 e. The molecule has 224 valence electrons. The molecule has 0 saturated carbocycles. The lowest BCUT2D eigenvalue weighted by Gasteiger charge is -2.42. The van der Waals surface area contributed by atoms with Gasteiger partial charge in [0, 0.05) is 49.5 Å². The molecule has 8 nitrogen and oxygen atoms in total. The summed E-state index contributed by atoms with van der Waals surface area (Å²) >= 11 is 0. The van der Waals surface area contributed by atoms with Gasteiger partial charge < -0.3 is 24.3 Å². The Morgan fingerprint density at radius 1 is 1.19 bits per heavy atom. The number of piperazine rings is 1. The number of nitriles is 1. The first-order valence-corrected chi connectivity index (χ1v) is 14.1. The Hall–Kier alpha value is -3.85. The van der Waals surface area contributed by atoms with Gasteiger partial charge in [0.2, 0.25) is 5.88 Å². The number of amides is 1. The number of rotatable bonds is 6. The molecule has 2 saturated heterocycles. The number of pyridine rings is 1. The fourth-order valence-electron chi connectivity index (χ4n) is 6.27. The molecule has 0 aliphatic carbocycles. The molecule has 3 aliphatic rings. The number of benzene rings is 1. The number of anilines is 2. The predicted octanol–water partition coefficient (Wildman–Crippen LogP) is 4.53. The maximum atomic E-state index is 13.9. The van der Waals surface area contributed by atoms with E-state index >= 15 is 0 Å². The van der Waals surface area contributed by atoms with Crippen molar-refractivity contribution in [1.82, 2.24) is 14.8 Å². The maximum absolute atomic E-state index is 13.9. The van der Waals surface area contributed by atoms with E-state index in [-0.39, 0.29) is 42.3 Å². The fraction of sp³-hybridized carbons (Fsp3) is 0.500. The summed E-state index contributed by atoms with van der Waals surface area (Å²) in [5.41, 5.74) is 1.57. The van der Waals surface area contributed by atoms with Crippen LogP contribution in [0.15, 0.2) is 36.7 Å². The first kappa shape index (κ1) is 29.6. The van der Waals surface area contributed by atoms with Crippen LogP contribution < -0.4 is 14.5 Å². The summed E-state index contributed by atoms with van der Waals surface area (Å²) in [5.74, 6) is -1.63. The first-order chi connectivity index (χ1) is 20.0. The summed E-state index contributed by atoms with van der Waals surface area (Å²) in [6.45, 7) is 7.49. The van der Waals surface area contributed by atoms with Crippen molar-refractivity contribution < 1.29 is 27.1 Å². The third kappa shape index (κ3) is 5.75. The van der Waals surface area contributed by atoms with Crippen molar-refractivity contribution in [3.8, 4) is 11.9 Å². The molecule has 2 fully saturated rings. The molecule has 0 radical (unpaired) electrons. The minimum Gasteiger partial charge on any atom is -0.475 e. The Balaban J connectivity index is 1.53. The number of ether oxygens (including phenoxy) is 1. The van der Waals surface area contributed by atoms with Crippen LogP contribution in [0.5, 0.6) is 5.88 Å². The van der Waals surface area contributed by atoms with E-state index in [1.54, 1.807) is 17.9 Å². The lowest BCUT2D eigenvalue weighted by Crippen LogP contribution is -2.54. The molecule has 5 rings (SSSR count). The van der Waals surface area contributed by atoms with Crippen LogP contribution in [-0.4, -0.2) is 79.2 Å². The molecule has 2 atom stereocenters. The van der Waals surface area contributed by atoms with Gasteiger partial charge in [-0.25, -0.2) is 9.37 Å². The molecule has 0 bridgehead atoms. The monoisotopic (exact) mass is 586 g/mol. The van der Waals surface area contributed by atoms with Crippen molar-refractivity contribution >= 4 is 17.3 Å². The third-order valence-corrected chi connectivity index (χ3v) is 8.48. The lowest BCUT2D eigenvalue weighted by molar-refractivity contribution is -0.137. The molecular formula is C30H34F4N6O2. The number of aromatic nitrogens is 1. The van der Waals surface area contributed by atoms with Crippen LogP contribution >= 0.6 is 0 Å². The number of halogens is 4. The van der Waals surface area contributed by atoms with Crippen LogP contribution in [-0.2, 0) is 23.9 Å². The average Bonchev–Trinajstić information content (AvgIpc) is 3.38. The summed E-state index contributed by atoms with van der Waals surface area (Å²) < 4.78 is 61.4. The van der Waals surface area contributed by atoms with Gasteiger partial charge >= 0.3 is 6.18 Å². The smallest absolute Gasteiger partial charge is 0.418 e. The van der Waals surface area contributed by atoms with Gasteiger partial charge in [-0.1, -0.05) is 18.7 Å². The minimum atomic E-state index is -4.51. The van der Waals surface area contributed by atoms with Gasteiger partial charge in [-0.15, -0.1) is 0 Å². The highest BCUT2D eigenvalue weighted by atomic mass is 19.4. The molecule has 0 spiro atoms. The Morgan fingerprint density at radius 3 is 2.60 bits per heavy atom. The summed E-state index contributed by atoms with van der Waals surface area (Å²) in [6.07, 6.45) is -2.16. The largest absolute Gasteiger partial charge is 0.475 e. The predicted molar refractivity (Wildman–Crippen MR) is 150 cm³/mol. The number of fused-ring (bicyclic) bond motifs is 1. The van der Waals surface area contributed by atoms with Gasteiger partial charge in [0.25, 0.3) is 5.91 Å². The topological polar surface area (TPSA) is 75.9 Å². The summed E-state index contributed by atoms with van der Waals surface area (Å²) in [6, 6.07) is 7.56. The molecule has 1 aromatic carbocycles. The average molecular weight is 587 g/mol. The number of hydrogen-bond acceptors (Lipinski definition) is 7. The number of alkyl halides is 3. The summed E-state index contributed by atoms with van der Waals surface area (Å²) in [7, 11) is 2.02. The molecule has 4 heterocycles. The fourth-order valence-corrected chi connectivity index (χ4v) is 6.27. The summed E-state index contributed by atoms with van der Waals surface area (Å²) in [4.78, 5) is 24.3. The van der Waals surface area contributed by atoms with E-state index in [4.69, 9.17) is 9.72 Å². The van der Waals surface area contributed by atoms with E-state index < -0.39 is 23.5 Å². The molecule has 42 heavy (non-hydrogen) atoms. The molecule has 12 heteroatoms. The summed E-state index contributed by atoms with van der Waals surface area (Å²) in [5, 5.41) is 10.3. The quantitative estimate of drug-likeness (QED) is 0.364. The zero-order valence-corrected chi connectivity index (χ0v) is 23.8. The number of carbonyl (C=O) groups is 1. The van der Waals surface area contributed by atoms with Crippen LogP contribution in [0, 0.1) is 11.3 Å². The lowest BCUT2D eigenvalue weighted by atomic mass is 9.96. The number of likely N-dealkylation sites (N-methyl/N-ethyl adjacent to an activating group) is 1. The highest BCUT2D eigenvalue weighted by molar-refractivity contribution is 5.91. The van der Waals surface area contributed by atoms with Crippen LogP contribution in [0.2, 0.25) is 0 Å². The second-order valence-electron chi connectivity index (χ2n) is 11.2. The zero-order chi connectivity index (χ0) is 30.2. The second kappa shape index (κ2) is 11.8. The highest BCUT2D eigenvalue weighted by Crippen LogP contribution is 2.41. The van der Waals surface area contributed by atoms with Crippen LogP contribution in [0.1, 0.15) is 42.1 Å². The van der Waals surface area contributed by atoms with Gasteiger partial charge in [0.15, 0.2) is 5.83 Å². The van der Waals surface area contributed by atoms with Crippen molar-refractivity contribution in [2.45, 2.75) is 51.0 Å². The van der Waals surface area contributed by atoms with Crippen molar-refractivity contribution in [2.75, 3.05) is 56.2 Å². The van der Waals surface area contributed by atoms with E-state index in [0.29, 0.717) is 44.0 Å². The number of para-hydroxylation sites is 1. The van der Waals surface area contributed by atoms with Crippen LogP contribution in [0.3, 0.4) is 0 Å². The molecule has 3 aliphatic heterocycles. The molecule has 1 aromatic heterocycles. The van der Waals surface area contributed by atoms with E-state index in [0.717, 1.165) is 31.0 Å². The first-order valence-electron chi connectivity index (χ1n) is 14.1. The Bertz CT molecular complexity index is 1410. The Labute approximate surface area is 242 Å². The Kier molecular flexibility index (Phi) is 8.32. The minimum absolute atomic E-state index is 0.0746. The number of nitrogens with zero attached hydrogens (tertiary/aromatic N) is 6. The third-order valence-electron chi connectivity index (χ3n) is 8.48. The number of likely N-dealkylation sites (tertiary alicyclic amines) is 1. The van der Waals surface area contributed by atoms with Gasteiger partial charge in [0.05, 0.1) is 23.5 Å². The molecule has 2 aromatic rings. The van der Waals surface area contributed by atoms with E-state index in [9.17, 15) is 27.6 Å². The van der Waals surface area contributed by atoms with Crippen molar-refractivity contribution in [3.63, 3.8) is 0 Å². The molecule has 2 unspecified atom stereocenters. The van der Waals surface area contributed by atoms with Crippen LogP contribution in [0.4, 0.5) is 28.9 Å². The van der Waals surface area contributed by atoms with E-state index in [1.807, 2.05) is 11.9 Å². The SMILES string of the molecule is C=C(F)C(=O)N1CCN(c2c(C#N)c(OCC3CCCN3C)nc3c2CCN(c2ccccc2C(F)(F)F)C3)CC1C. The molecule has 0 N–H and O–H groups in total. The van der Waals surface area contributed by atoms with Crippen molar-refractivity contribution in [3.05, 3.63) is 59.1 Å².